The summed E-state index contributed by atoms with van der Waals surface area (Å²) in [6.45, 7) is 3.14. The Morgan fingerprint density at radius 3 is 2.47 bits per heavy atom. The zero-order chi connectivity index (χ0) is 12.7. The molecular formula is C12H12N2O3. The molecule has 0 radical (unpaired) electrons. The third-order valence-electron chi connectivity index (χ3n) is 2.77. The Kier molecular flexibility index (Phi) is 2.46. The van der Waals surface area contributed by atoms with Gasteiger partial charge in [-0.05, 0) is 18.6 Å². The van der Waals surface area contributed by atoms with Crippen LogP contribution in [0.15, 0.2) is 12.1 Å². The van der Waals surface area contributed by atoms with Gasteiger partial charge >= 0.3 is 0 Å². The molecule has 0 unspecified atom stereocenters. The van der Waals surface area contributed by atoms with Crippen LogP contribution in [0.1, 0.15) is 33.2 Å². The minimum atomic E-state index is -0.377. The van der Waals surface area contributed by atoms with Gasteiger partial charge in [-0.1, -0.05) is 6.07 Å². The van der Waals surface area contributed by atoms with Gasteiger partial charge in [0.25, 0.3) is 11.8 Å². The zero-order valence-electron chi connectivity index (χ0n) is 9.83. The standard InChI is InChI=1S/C12H12N2O3/c1-6-4-5-8-9(10(6)13-7(2)15)12(17)14(3)11(8)16/h4-5H,1-3H3,(H,13,15). The highest BCUT2D eigenvalue weighted by atomic mass is 16.2. The van der Waals surface area contributed by atoms with Gasteiger partial charge in [-0.25, -0.2) is 0 Å². The van der Waals surface area contributed by atoms with Gasteiger partial charge in [0.1, 0.15) is 0 Å². The number of carbonyl (C=O) groups excluding carboxylic acids is 3. The lowest BCUT2D eigenvalue weighted by Gasteiger charge is -2.10. The van der Waals surface area contributed by atoms with E-state index in [1.165, 1.54) is 14.0 Å². The van der Waals surface area contributed by atoms with E-state index < -0.39 is 0 Å². The van der Waals surface area contributed by atoms with Crippen LogP contribution in [0.3, 0.4) is 0 Å². The van der Waals surface area contributed by atoms with Gasteiger partial charge < -0.3 is 5.32 Å². The van der Waals surface area contributed by atoms with Crippen LogP contribution in [0.25, 0.3) is 0 Å². The van der Waals surface area contributed by atoms with Gasteiger partial charge in [-0.2, -0.15) is 0 Å². The Hall–Kier alpha value is -2.17. The van der Waals surface area contributed by atoms with Crippen molar-refractivity contribution in [3.05, 3.63) is 28.8 Å². The minimum absolute atomic E-state index is 0.267. The maximum absolute atomic E-state index is 11.9. The molecule has 1 N–H and O–H groups in total. The van der Waals surface area contributed by atoms with Crippen molar-refractivity contribution in [2.24, 2.45) is 0 Å². The van der Waals surface area contributed by atoms with Crippen LogP contribution < -0.4 is 5.32 Å². The highest BCUT2D eigenvalue weighted by Gasteiger charge is 2.35. The Bertz CT molecular complexity index is 549. The molecule has 1 heterocycles. The van der Waals surface area contributed by atoms with E-state index in [0.29, 0.717) is 11.3 Å². The van der Waals surface area contributed by atoms with Crippen molar-refractivity contribution in [1.82, 2.24) is 4.90 Å². The summed E-state index contributed by atoms with van der Waals surface area (Å²) in [5, 5.41) is 2.61. The lowest BCUT2D eigenvalue weighted by molar-refractivity contribution is -0.114. The summed E-state index contributed by atoms with van der Waals surface area (Å²) in [6.07, 6.45) is 0. The smallest absolute Gasteiger partial charge is 0.263 e. The van der Waals surface area contributed by atoms with Crippen LogP contribution in [0, 0.1) is 6.92 Å². The van der Waals surface area contributed by atoms with Gasteiger partial charge in [0.2, 0.25) is 5.91 Å². The maximum Gasteiger partial charge on any atom is 0.263 e. The van der Waals surface area contributed by atoms with Gasteiger partial charge in [0.05, 0.1) is 16.8 Å². The highest BCUT2D eigenvalue weighted by Crippen LogP contribution is 2.31. The van der Waals surface area contributed by atoms with Crippen LogP contribution in [-0.4, -0.2) is 29.7 Å². The van der Waals surface area contributed by atoms with E-state index in [1.807, 2.05) is 0 Å². The Morgan fingerprint density at radius 1 is 1.24 bits per heavy atom. The third kappa shape index (κ3) is 1.60. The number of rotatable bonds is 1. The molecule has 0 saturated heterocycles. The molecule has 0 spiro atoms. The van der Waals surface area contributed by atoms with Crippen LogP contribution >= 0.6 is 0 Å². The third-order valence-corrected chi connectivity index (χ3v) is 2.77. The fourth-order valence-corrected chi connectivity index (χ4v) is 1.88. The number of fused-ring (bicyclic) bond motifs is 1. The fraction of sp³-hybridized carbons (Fsp3) is 0.250. The molecule has 0 aromatic heterocycles. The second-order valence-corrected chi connectivity index (χ2v) is 4.03. The lowest BCUT2D eigenvalue weighted by atomic mass is 10.0. The van der Waals surface area contributed by atoms with Crippen LogP contribution in [0.4, 0.5) is 5.69 Å². The lowest BCUT2D eigenvalue weighted by Crippen LogP contribution is -2.24. The molecule has 5 nitrogen and oxygen atoms in total. The van der Waals surface area contributed by atoms with Gasteiger partial charge in [-0.15, -0.1) is 0 Å². The number of hydrogen-bond donors (Lipinski definition) is 1. The normalized spacial score (nSPS) is 13.9. The summed E-state index contributed by atoms with van der Waals surface area (Å²) in [4.78, 5) is 35.8. The number of hydrogen-bond acceptors (Lipinski definition) is 3. The zero-order valence-corrected chi connectivity index (χ0v) is 9.83. The number of imide groups is 1. The molecule has 1 aromatic carbocycles. The quantitative estimate of drug-likeness (QED) is 0.739. The number of aryl methyl sites for hydroxylation is 1. The van der Waals surface area contributed by atoms with E-state index in [-0.39, 0.29) is 23.3 Å². The van der Waals surface area contributed by atoms with Crippen LogP contribution in [-0.2, 0) is 4.79 Å². The SMILES string of the molecule is CC(=O)Nc1c(C)ccc2c1C(=O)N(C)C2=O. The van der Waals surface area contributed by atoms with Crippen molar-refractivity contribution < 1.29 is 14.4 Å². The van der Waals surface area contributed by atoms with Crippen LogP contribution in [0.5, 0.6) is 0 Å². The Labute approximate surface area is 98.4 Å². The van der Waals surface area contributed by atoms with Gasteiger partial charge in [-0.3, -0.25) is 19.3 Å². The predicted octanol–water partition coefficient (Wildman–Crippen LogP) is 1.18. The number of carbonyl (C=O) groups is 3. The first-order chi connectivity index (χ1) is 7.93. The molecular weight excluding hydrogens is 220 g/mol. The minimum Gasteiger partial charge on any atom is -0.325 e. The molecule has 1 aromatic rings. The number of nitrogens with one attached hydrogen (secondary N) is 1. The molecule has 5 heteroatoms. The second kappa shape index (κ2) is 3.69. The monoisotopic (exact) mass is 232 g/mol. The van der Waals surface area contributed by atoms with E-state index in [9.17, 15) is 14.4 Å². The molecule has 17 heavy (non-hydrogen) atoms. The first-order valence-corrected chi connectivity index (χ1v) is 5.17. The molecule has 1 aliphatic rings. The molecule has 0 saturated carbocycles. The van der Waals surface area contributed by atoms with E-state index in [1.54, 1.807) is 19.1 Å². The average molecular weight is 232 g/mol. The van der Waals surface area contributed by atoms with Crippen LogP contribution in [0.2, 0.25) is 0 Å². The summed E-state index contributed by atoms with van der Waals surface area (Å²) in [5.74, 6) is -0.981. The summed E-state index contributed by atoms with van der Waals surface area (Å²) in [6, 6.07) is 3.33. The predicted molar refractivity (Wildman–Crippen MR) is 61.9 cm³/mol. The number of benzene rings is 1. The Balaban J connectivity index is 2.66. The van der Waals surface area contributed by atoms with Crippen molar-refractivity contribution in [3.63, 3.8) is 0 Å². The van der Waals surface area contributed by atoms with E-state index in [2.05, 4.69) is 5.32 Å². The largest absolute Gasteiger partial charge is 0.325 e. The molecule has 0 atom stereocenters. The highest BCUT2D eigenvalue weighted by molar-refractivity contribution is 6.24. The molecule has 0 aliphatic carbocycles. The molecule has 88 valence electrons. The van der Waals surface area contributed by atoms with Crippen molar-refractivity contribution in [3.8, 4) is 0 Å². The molecule has 2 rings (SSSR count). The fourth-order valence-electron chi connectivity index (χ4n) is 1.88. The molecule has 0 bridgehead atoms. The summed E-state index contributed by atoms with van der Waals surface area (Å²) in [7, 11) is 1.43. The molecule has 1 aliphatic heterocycles. The number of nitrogens with zero attached hydrogens (tertiary/aromatic N) is 1. The first-order valence-electron chi connectivity index (χ1n) is 5.17. The maximum atomic E-state index is 11.9. The average Bonchev–Trinajstić information content (AvgIpc) is 2.47. The number of amides is 3. The van der Waals surface area contributed by atoms with Gasteiger partial charge in [0.15, 0.2) is 0 Å². The van der Waals surface area contributed by atoms with Crippen molar-refractivity contribution in [1.29, 1.82) is 0 Å². The summed E-state index contributed by atoms with van der Waals surface area (Å²) < 4.78 is 0. The van der Waals surface area contributed by atoms with E-state index >= 15 is 0 Å². The van der Waals surface area contributed by atoms with E-state index in [4.69, 9.17) is 0 Å². The molecule has 0 fully saturated rings. The first kappa shape index (κ1) is 11.3. The second-order valence-electron chi connectivity index (χ2n) is 4.03. The van der Waals surface area contributed by atoms with E-state index in [0.717, 1.165) is 10.5 Å². The summed E-state index contributed by atoms with van der Waals surface area (Å²) >= 11 is 0. The van der Waals surface area contributed by atoms with Gasteiger partial charge in [0, 0.05) is 14.0 Å². The summed E-state index contributed by atoms with van der Waals surface area (Å²) in [5.41, 5.74) is 1.81. The molecule has 3 amide bonds. The Morgan fingerprint density at radius 2 is 1.88 bits per heavy atom. The van der Waals surface area contributed by atoms with Crippen molar-refractivity contribution >= 4 is 23.4 Å². The number of anilines is 1. The van der Waals surface area contributed by atoms with Crippen molar-refractivity contribution in [2.75, 3.05) is 12.4 Å². The topological polar surface area (TPSA) is 66.5 Å². The van der Waals surface area contributed by atoms with Crippen molar-refractivity contribution in [2.45, 2.75) is 13.8 Å².